The van der Waals surface area contributed by atoms with Gasteiger partial charge in [-0.1, -0.05) is 0 Å². The predicted molar refractivity (Wildman–Crippen MR) is 48.2 cm³/mol. The van der Waals surface area contributed by atoms with E-state index < -0.39 is 0 Å². The number of rotatable bonds is 2. The van der Waals surface area contributed by atoms with Crippen molar-refractivity contribution in [2.75, 3.05) is 13.1 Å². The van der Waals surface area contributed by atoms with Crippen molar-refractivity contribution in [3.8, 4) is 0 Å². The Morgan fingerprint density at radius 3 is 2.53 bits per heavy atom. The number of hydrogen-bond acceptors (Lipinski definition) is 3. The number of amides is 2. The van der Waals surface area contributed by atoms with E-state index in [1.54, 1.807) is 11.3 Å². The molecule has 1 saturated heterocycles. The number of likely N-dealkylation sites (tertiary alicyclic amines) is 1. The summed E-state index contributed by atoms with van der Waals surface area (Å²) in [5.41, 5.74) is 0. The van der Waals surface area contributed by atoms with Crippen molar-refractivity contribution in [1.82, 2.24) is 10.2 Å². The standard InChI is InChI=1S/C7H11N2O2.CH2O2.Fm/c1-6(11)9-3-2-7(4-9)8-5-10;2-1-3;/h7H,2-4H2,1H3,(H,8,10);1H,(H,2,3);/q-1;;/t7-;;/m1../s1. The first-order valence-electron chi connectivity index (χ1n) is 4.11. The van der Waals surface area contributed by atoms with Gasteiger partial charge in [0.05, 0.1) is 0 Å². The molecular weight excluding hydrogens is 445 g/mol. The molecular formula is C8H13FmN2O4-. The van der Waals surface area contributed by atoms with E-state index in [-0.39, 0.29) is 18.4 Å². The molecule has 0 saturated carbocycles. The van der Waals surface area contributed by atoms with Crippen molar-refractivity contribution in [3.05, 3.63) is 0 Å². The van der Waals surface area contributed by atoms with Crippen LogP contribution in [0.4, 0.5) is 0 Å². The van der Waals surface area contributed by atoms with Gasteiger partial charge in [-0.15, -0.1) is 0 Å². The van der Waals surface area contributed by atoms with Gasteiger partial charge >= 0.3 is 0 Å². The molecule has 15 heavy (non-hydrogen) atoms. The molecule has 1 atom stereocenters. The molecule has 1 aliphatic rings. The minimum Gasteiger partial charge on any atom is -0.526 e. The molecule has 1 rings (SSSR count). The van der Waals surface area contributed by atoms with Crippen molar-refractivity contribution < 1.29 is 19.5 Å². The molecule has 1 fully saturated rings. The Morgan fingerprint density at radius 1 is 1.67 bits per heavy atom. The van der Waals surface area contributed by atoms with Crippen LogP contribution in [0.3, 0.4) is 0 Å². The quantitative estimate of drug-likeness (QED) is 0.315. The molecule has 0 aliphatic carbocycles. The molecule has 0 bridgehead atoms. The van der Waals surface area contributed by atoms with E-state index in [1.165, 1.54) is 6.92 Å². The Labute approximate surface area is 81.9 Å². The summed E-state index contributed by atoms with van der Waals surface area (Å²) >= 11 is 0. The monoisotopic (exact) mass is 458 g/mol. The third kappa shape index (κ3) is 5.62. The SMILES string of the molecule is CC(=O)N1CC[C@@H](N[C-]=O)C1.O=CO.[Fm]. The molecule has 0 aromatic carbocycles. The zero-order valence-electron chi connectivity index (χ0n) is 8.18. The van der Waals surface area contributed by atoms with Gasteiger partial charge in [0.2, 0.25) is 5.91 Å². The minimum absolute atomic E-state index is 0. The van der Waals surface area contributed by atoms with Gasteiger partial charge in [0.1, 0.15) is 0 Å². The largest absolute Gasteiger partial charge is 0.526 e. The molecule has 2 N–H and O–H groups in total. The zero-order valence-corrected chi connectivity index (χ0v) is 10.6. The molecule has 92 valence electrons. The smallest absolute Gasteiger partial charge is 0.290 e. The van der Waals surface area contributed by atoms with Crippen LogP contribution in [-0.4, -0.2) is 47.9 Å². The molecule has 0 spiro atoms. The van der Waals surface area contributed by atoms with E-state index in [1.807, 2.05) is 0 Å². The number of carbonyl (C=O) groups is 2. The van der Waals surface area contributed by atoms with Crippen molar-refractivity contribution >= 4 is 18.8 Å². The van der Waals surface area contributed by atoms with Gasteiger partial charge in [-0.2, -0.15) is 6.41 Å². The van der Waals surface area contributed by atoms with Crippen molar-refractivity contribution in [2.45, 2.75) is 19.4 Å². The van der Waals surface area contributed by atoms with Crippen molar-refractivity contribution in [3.63, 3.8) is 0 Å². The topological polar surface area (TPSA) is 86.7 Å². The van der Waals surface area contributed by atoms with Gasteiger partial charge in [0.25, 0.3) is 6.47 Å². The number of carboxylic acid groups (broad SMARTS) is 1. The van der Waals surface area contributed by atoms with Crippen LogP contribution in [0, 0.1) is 0 Å². The maximum atomic E-state index is 10.8. The summed E-state index contributed by atoms with van der Waals surface area (Å²) < 4.78 is 0. The Bertz CT molecular complexity index is 213. The second kappa shape index (κ2) is 8.03. The van der Waals surface area contributed by atoms with E-state index in [2.05, 4.69) is 5.32 Å². The molecule has 1 aliphatic heterocycles. The summed E-state index contributed by atoms with van der Waals surface area (Å²) in [6.07, 6.45) is 2.47. The Morgan fingerprint density at radius 2 is 2.20 bits per heavy atom. The van der Waals surface area contributed by atoms with Gasteiger partial charge < -0.3 is 20.1 Å². The third-order valence-corrected chi connectivity index (χ3v) is 1.90. The number of hydrogen-bond donors (Lipinski definition) is 2. The summed E-state index contributed by atoms with van der Waals surface area (Å²) in [5.74, 6) is 0.0696. The number of carbonyl (C=O) groups excluding carboxylic acids is 2. The van der Waals surface area contributed by atoms with Crippen molar-refractivity contribution in [2.24, 2.45) is 0 Å². The average Bonchev–Trinajstić information content (AvgIpc) is 2.55. The summed E-state index contributed by atoms with van der Waals surface area (Å²) in [5, 5.41) is 9.42. The fourth-order valence-electron chi connectivity index (χ4n) is 1.25. The van der Waals surface area contributed by atoms with Crippen LogP contribution in [0.2, 0.25) is 0 Å². The minimum atomic E-state index is -0.250. The predicted octanol–water partition coefficient (Wildman–Crippen LogP) is -1.04. The Hall–Kier alpha value is -2.59. The summed E-state index contributed by atoms with van der Waals surface area (Å²) in [7, 11) is 0. The molecule has 0 aromatic heterocycles. The maximum absolute atomic E-state index is 10.8. The van der Waals surface area contributed by atoms with Crippen LogP contribution >= 0.6 is 0 Å². The van der Waals surface area contributed by atoms with E-state index in [0.29, 0.717) is 6.54 Å². The zero-order chi connectivity index (χ0) is 11.0. The normalized spacial score (nSPS) is 17.9. The van der Waals surface area contributed by atoms with E-state index >= 15 is 0 Å². The van der Waals surface area contributed by atoms with Crippen LogP contribution in [0.15, 0.2) is 0 Å². The van der Waals surface area contributed by atoms with E-state index in [0.717, 1.165) is 13.0 Å². The fourth-order valence-corrected chi connectivity index (χ4v) is 1.25. The molecule has 2 amide bonds. The molecule has 6 nitrogen and oxygen atoms in total. The van der Waals surface area contributed by atoms with Crippen LogP contribution in [0.1, 0.15) is 13.3 Å². The summed E-state index contributed by atoms with van der Waals surface area (Å²) in [6.45, 7) is 2.66. The Balaban J connectivity index is 0. The van der Waals surface area contributed by atoms with Gasteiger partial charge in [-0.3, -0.25) is 9.59 Å². The van der Waals surface area contributed by atoms with E-state index in [9.17, 15) is 9.59 Å². The molecule has 0 radical (unpaired) electrons. The van der Waals surface area contributed by atoms with Crippen LogP contribution < -0.4 is 5.32 Å². The molecule has 7 heteroatoms. The second-order valence-electron chi connectivity index (χ2n) is 2.80. The molecule has 1 heterocycles. The maximum Gasteiger partial charge on any atom is 0.290 e. The first kappa shape index (κ1) is 14.9. The van der Waals surface area contributed by atoms with Crippen LogP contribution in [0.5, 0.6) is 0 Å². The Kier molecular flexibility index (Phi) is 7.98. The van der Waals surface area contributed by atoms with Gasteiger partial charge in [-0.05, 0) is 6.42 Å². The number of nitrogens with one attached hydrogen (secondary N) is 1. The first-order valence-corrected chi connectivity index (χ1v) is 4.11. The average molecular weight is 458 g/mol. The third-order valence-electron chi connectivity index (χ3n) is 1.90. The van der Waals surface area contributed by atoms with Gasteiger partial charge in [0.15, 0.2) is 0 Å². The summed E-state index contributed by atoms with van der Waals surface area (Å²) in [6, 6.07) is 0.108. The number of nitrogens with zero attached hydrogens (tertiary/aromatic N) is 1. The second-order valence-corrected chi connectivity index (χ2v) is 2.80. The first-order chi connectivity index (χ1) is 6.65. The van der Waals surface area contributed by atoms with Crippen LogP contribution in [0.25, 0.3) is 0 Å². The van der Waals surface area contributed by atoms with Crippen molar-refractivity contribution in [1.29, 1.82) is 0 Å². The fraction of sp³-hybridized carbons (Fsp3) is 0.625. The molecule has 0 unspecified atom stereocenters. The molecule has 0 aromatic rings. The van der Waals surface area contributed by atoms with Gasteiger partial charge in [-0.25, -0.2) is 0 Å². The van der Waals surface area contributed by atoms with Crippen LogP contribution in [-0.2, 0) is 14.4 Å². The van der Waals surface area contributed by atoms with E-state index in [4.69, 9.17) is 9.90 Å². The summed E-state index contributed by atoms with van der Waals surface area (Å²) in [4.78, 5) is 30.8. The van der Waals surface area contributed by atoms with Gasteiger partial charge in [0, 0.05) is 26.1 Å².